The molecule has 0 amide bonds. The van der Waals surface area contributed by atoms with E-state index in [4.69, 9.17) is 4.98 Å². The molecule has 0 bridgehead atoms. The number of fused-ring (bicyclic) bond motifs is 5. The average molecular weight is 310 g/mol. The zero-order chi connectivity index (χ0) is 16.3. The molecule has 2 aromatic heterocycles. The van der Waals surface area contributed by atoms with E-state index in [2.05, 4.69) is 79.6 Å². The van der Waals surface area contributed by atoms with Gasteiger partial charge < -0.3 is 4.98 Å². The van der Waals surface area contributed by atoms with Gasteiger partial charge in [0.25, 0.3) is 0 Å². The Labute approximate surface area is 141 Å². The first-order valence-corrected chi connectivity index (χ1v) is 8.34. The zero-order valence-corrected chi connectivity index (χ0v) is 13.8. The summed E-state index contributed by atoms with van der Waals surface area (Å²) in [6.07, 6.45) is 4.11. The number of aromatic amines is 1. The van der Waals surface area contributed by atoms with Gasteiger partial charge in [0.1, 0.15) is 5.65 Å². The van der Waals surface area contributed by atoms with Crippen LogP contribution in [0.2, 0.25) is 0 Å². The highest BCUT2D eigenvalue weighted by atomic mass is 14.8. The maximum atomic E-state index is 4.71. The lowest BCUT2D eigenvalue weighted by molar-refractivity contribution is 0.666. The van der Waals surface area contributed by atoms with Gasteiger partial charge in [0.05, 0.1) is 0 Å². The van der Waals surface area contributed by atoms with Crippen LogP contribution in [0.1, 0.15) is 25.0 Å². The summed E-state index contributed by atoms with van der Waals surface area (Å²) in [7, 11) is 0. The molecule has 2 heteroatoms. The van der Waals surface area contributed by atoms with E-state index in [1.165, 1.54) is 38.8 Å². The van der Waals surface area contributed by atoms with Crippen LogP contribution in [0.3, 0.4) is 0 Å². The second kappa shape index (κ2) is 4.57. The average Bonchev–Trinajstić information content (AvgIpc) is 3.14. The minimum atomic E-state index is -0.0289. The third-order valence-electron chi connectivity index (χ3n) is 5.30. The molecule has 0 radical (unpaired) electrons. The Balaban J connectivity index is 1.91. The van der Waals surface area contributed by atoms with Gasteiger partial charge in [-0.15, -0.1) is 0 Å². The van der Waals surface area contributed by atoms with Gasteiger partial charge >= 0.3 is 0 Å². The Morgan fingerprint density at radius 3 is 2.42 bits per heavy atom. The largest absolute Gasteiger partial charge is 0.346 e. The summed E-state index contributed by atoms with van der Waals surface area (Å²) < 4.78 is 0. The van der Waals surface area contributed by atoms with Crippen LogP contribution in [0.25, 0.3) is 33.3 Å². The number of nitrogens with zero attached hydrogens (tertiary/aromatic N) is 1. The Morgan fingerprint density at radius 2 is 1.58 bits per heavy atom. The van der Waals surface area contributed by atoms with Crippen molar-refractivity contribution in [1.82, 2.24) is 9.97 Å². The topological polar surface area (TPSA) is 28.7 Å². The Kier molecular flexibility index (Phi) is 2.58. The van der Waals surface area contributed by atoms with Crippen molar-refractivity contribution in [2.45, 2.75) is 19.3 Å². The first kappa shape index (κ1) is 13.6. The van der Waals surface area contributed by atoms with E-state index in [-0.39, 0.29) is 5.41 Å². The number of rotatable bonds is 1. The van der Waals surface area contributed by atoms with E-state index in [1.54, 1.807) is 0 Å². The molecule has 2 aromatic carbocycles. The van der Waals surface area contributed by atoms with Crippen molar-refractivity contribution in [3.63, 3.8) is 0 Å². The summed E-state index contributed by atoms with van der Waals surface area (Å²) >= 11 is 0. The number of hydrogen-bond acceptors (Lipinski definition) is 1. The van der Waals surface area contributed by atoms with E-state index >= 15 is 0 Å². The van der Waals surface area contributed by atoms with E-state index in [0.717, 1.165) is 5.65 Å². The fourth-order valence-electron chi connectivity index (χ4n) is 4.19. The normalized spacial score (nSPS) is 14.6. The standard InChI is InChI=1S/C22H18N2/c1-22(2)18-11-7-6-10-15(18)17-13-24-21-19(20(17)22)16(12-23-21)14-8-4-3-5-9-14/h3-13H,1-2H3,(H,23,24). The lowest BCUT2D eigenvalue weighted by atomic mass is 9.80. The Morgan fingerprint density at radius 1 is 0.833 bits per heavy atom. The first-order valence-electron chi connectivity index (χ1n) is 8.34. The molecular formula is C22H18N2. The molecule has 0 atom stereocenters. The molecule has 4 aromatic rings. The number of nitrogens with one attached hydrogen (secondary N) is 1. The van der Waals surface area contributed by atoms with Crippen LogP contribution in [-0.4, -0.2) is 9.97 Å². The molecule has 2 heterocycles. The molecule has 0 saturated carbocycles. The SMILES string of the molecule is CC1(C)c2ccccc2-c2cnc3[nH]cc(-c4ccccc4)c3c21. The maximum absolute atomic E-state index is 4.71. The fourth-order valence-corrected chi connectivity index (χ4v) is 4.19. The Bertz CT molecular complexity index is 1070. The van der Waals surface area contributed by atoms with E-state index in [9.17, 15) is 0 Å². The monoisotopic (exact) mass is 310 g/mol. The second-order valence-corrected chi connectivity index (χ2v) is 7.01. The minimum absolute atomic E-state index is 0.0289. The molecule has 1 aliphatic rings. The van der Waals surface area contributed by atoms with Crippen molar-refractivity contribution >= 4 is 11.0 Å². The summed E-state index contributed by atoms with van der Waals surface area (Å²) in [4.78, 5) is 8.08. The molecule has 0 saturated heterocycles. The van der Waals surface area contributed by atoms with Gasteiger partial charge in [-0.25, -0.2) is 4.98 Å². The predicted octanol–water partition coefficient (Wildman–Crippen LogP) is 5.54. The van der Waals surface area contributed by atoms with Crippen LogP contribution in [0.4, 0.5) is 0 Å². The Hall–Kier alpha value is -2.87. The summed E-state index contributed by atoms with van der Waals surface area (Å²) in [5.41, 5.74) is 8.74. The summed E-state index contributed by atoms with van der Waals surface area (Å²) in [5.74, 6) is 0. The van der Waals surface area contributed by atoms with Crippen LogP contribution in [-0.2, 0) is 5.41 Å². The van der Waals surface area contributed by atoms with E-state index in [1.807, 2.05) is 6.20 Å². The van der Waals surface area contributed by atoms with Crippen molar-refractivity contribution in [2.75, 3.05) is 0 Å². The van der Waals surface area contributed by atoms with Crippen molar-refractivity contribution in [3.05, 3.63) is 78.1 Å². The lowest BCUT2D eigenvalue weighted by Crippen LogP contribution is -2.15. The van der Waals surface area contributed by atoms with Crippen molar-refractivity contribution in [2.24, 2.45) is 0 Å². The number of benzene rings is 2. The van der Waals surface area contributed by atoms with Crippen molar-refractivity contribution in [1.29, 1.82) is 0 Å². The molecule has 24 heavy (non-hydrogen) atoms. The zero-order valence-electron chi connectivity index (χ0n) is 13.8. The fraction of sp³-hybridized carbons (Fsp3) is 0.136. The summed E-state index contributed by atoms with van der Waals surface area (Å²) in [6, 6.07) is 19.3. The summed E-state index contributed by atoms with van der Waals surface area (Å²) in [6.45, 7) is 4.64. The third kappa shape index (κ3) is 1.63. The van der Waals surface area contributed by atoms with Crippen LogP contribution < -0.4 is 0 Å². The van der Waals surface area contributed by atoms with Gasteiger partial charge in [-0.3, -0.25) is 0 Å². The van der Waals surface area contributed by atoms with Crippen LogP contribution in [0.15, 0.2) is 67.0 Å². The quantitative estimate of drug-likeness (QED) is 0.491. The number of pyridine rings is 1. The predicted molar refractivity (Wildman–Crippen MR) is 99.1 cm³/mol. The molecular weight excluding hydrogens is 292 g/mol. The molecule has 0 spiro atoms. The van der Waals surface area contributed by atoms with Gasteiger partial charge in [-0.2, -0.15) is 0 Å². The second-order valence-electron chi connectivity index (χ2n) is 7.01. The van der Waals surface area contributed by atoms with Gasteiger partial charge in [0, 0.05) is 34.3 Å². The van der Waals surface area contributed by atoms with Crippen LogP contribution in [0.5, 0.6) is 0 Å². The minimum Gasteiger partial charge on any atom is -0.346 e. The lowest BCUT2D eigenvalue weighted by Gasteiger charge is -2.22. The highest BCUT2D eigenvalue weighted by molar-refractivity contribution is 6.02. The van der Waals surface area contributed by atoms with E-state index < -0.39 is 0 Å². The smallest absolute Gasteiger partial charge is 0.138 e. The van der Waals surface area contributed by atoms with Crippen LogP contribution >= 0.6 is 0 Å². The molecule has 5 rings (SSSR count). The molecule has 2 nitrogen and oxygen atoms in total. The third-order valence-corrected chi connectivity index (χ3v) is 5.30. The van der Waals surface area contributed by atoms with Gasteiger partial charge in [0.2, 0.25) is 0 Å². The molecule has 0 aliphatic heterocycles. The van der Waals surface area contributed by atoms with Gasteiger partial charge in [-0.05, 0) is 22.3 Å². The highest BCUT2D eigenvalue weighted by Gasteiger charge is 2.38. The molecule has 0 unspecified atom stereocenters. The van der Waals surface area contributed by atoms with Crippen molar-refractivity contribution < 1.29 is 0 Å². The highest BCUT2D eigenvalue weighted by Crippen LogP contribution is 2.52. The first-order chi connectivity index (χ1) is 11.7. The molecule has 0 fully saturated rings. The number of H-pyrrole nitrogens is 1. The molecule has 1 N–H and O–H groups in total. The maximum Gasteiger partial charge on any atom is 0.138 e. The number of aromatic nitrogens is 2. The molecule has 1 aliphatic carbocycles. The molecule has 116 valence electrons. The summed E-state index contributed by atoms with van der Waals surface area (Å²) in [5, 5.41) is 1.25. The van der Waals surface area contributed by atoms with Gasteiger partial charge in [-0.1, -0.05) is 68.4 Å². The van der Waals surface area contributed by atoms with Gasteiger partial charge in [0.15, 0.2) is 0 Å². The number of hydrogen-bond donors (Lipinski definition) is 1. The van der Waals surface area contributed by atoms with Crippen LogP contribution in [0, 0.1) is 0 Å². The van der Waals surface area contributed by atoms with E-state index in [0.29, 0.717) is 0 Å². The van der Waals surface area contributed by atoms with Crippen molar-refractivity contribution in [3.8, 4) is 22.3 Å².